The quantitative estimate of drug-likeness (QED) is 0.601. The van der Waals surface area contributed by atoms with Crippen LogP contribution in [0.1, 0.15) is 75.7 Å². The van der Waals surface area contributed by atoms with Gasteiger partial charge in [0.1, 0.15) is 10.8 Å². The molecule has 0 N–H and O–H groups in total. The van der Waals surface area contributed by atoms with Crippen molar-refractivity contribution < 1.29 is 4.74 Å². The second-order valence-electron chi connectivity index (χ2n) is 6.05. The van der Waals surface area contributed by atoms with E-state index < -0.39 is 0 Å². The minimum absolute atomic E-state index is 0.306. The fraction of sp³-hybridized carbons (Fsp3) is 0.750. The summed E-state index contributed by atoms with van der Waals surface area (Å²) in [6.45, 7) is 2.76. The van der Waals surface area contributed by atoms with Gasteiger partial charge in [0, 0.05) is 18.2 Å². The van der Waals surface area contributed by atoms with Crippen LogP contribution in [0.5, 0.6) is 0 Å². The maximum atomic E-state index is 6.24. The second-order valence-corrected chi connectivity index (χ2v) is 6.44. The third-order valence-corrected chi connectivity index (χ3v) is 4.64. The number of hydrogen-bond donors (Lipinski definition) is 0. The van der Waals surface area contributed by atoms with Crippen LogP contribution in [-0.4, -0.2) is 16.6 Å². The summed E-state index contributed by atoms with van der Waals surface area (Å²) >= 11 is 6.24. The van der Waals surface area contributed by atoms with Gasteiger partial charge in [0.2, 0.25) is 0 Å². The molecule has 0 radical (unpaired) electrons. The summed E-state index contributed by atoms with van der Waals surface area (Å²) < 4.78 is 6.16. The molecule has 0 aromatic carbocycles. The minimum atomic E-state index is -0.306. The number of aromatic nitrogens is 2. The highest BCUT2D eigenvalue weighted by Crippen LogP contribution is 2.42. The van der Waals surface area contributed by atoms with Crippen LogP contribution in [0.25, 0.3) is 0 Å². The topological polar surface area (TPSA) is 35.0 Å². The summed E-state index contributed by atoms with van der Waals surface area (Å²) in [7, 11) is 0. The van der Waals surface area contributed by atoms with Crippen molar-refractivity contribution in [2.24, 2.45) is 0 Å². The standard InChI is InChI=1S/C16H23ClN2O/c1-2-20-16(9-5-3-4-6-10-16)15-18-13(12-7-8-12)11-14(17)19-15/h11-12H,2-10H2,1H3. The van der Waals surface area contributed by atoms with Crippen LogP contribution >= 0.6 is 11.6 Å². The molecule has 1 heterocycles. The lowest BCUT2D eigenvalue weighted by Gasteiger charge is -2.31. The van der Waals surface area contributed by atoms with Gasteiger partial charge in [-0.1, -0.05) is 37.3 Å². The zero-order chi connectivity index (χ0) is 14.0. The van der Waals surface area contributed by atoms with Crippen molar-refractivity contribution in [3.05, 3.63) is 22.7 Å². The summed E-state index contributed by atoms with van der Waals surface area (Å²) in [6, 6.07) is 1.93. The fourth-order valence-corrected chi connectivity index (χ4v) is 3.43. The van der Waals surface area contributed by atoms with Crippen molar-refractivity contribution in [2.45, 2.75) is 69.8 Å². The van der Waals surface area contributed by atoms with Gasteiger partial charge in [-0.05, 0) is 38.7 Å². The van der Waals surface area contributed by atoms with E-state index in [-0.39, 0.29) is 5.60 Å². The van der Waals surface area contributed by atoms with Gasteiger partial charge in [0.05, 0.1) is 0 Å². The van der Waals surface area contributed by atoms with Crippen LogP contribution in [-0.2, 0) is 10.3 Å². The maximum absolute atomic E-state index is 6.24. The van der Waals surface area contributed by atoms with Gasteiger partial charge in [-0.3, -0.25) is 0 Å². The molecule has 2 aliphatic rings. The Hall–Kier alpha value is -0.670. The summed E-state index contributed by atoms with van der Waals surface area (Å²) in [6.07, 6.45) is 9.44. The summed E-state index contributed by atoms with van der Waals surface area (Å²) in [4.78, 5) is 9.36. The Morgan fingerprint density at radius 3 is 2.50 bits per heavy atom. The highest BCUT2D eigenvalue weighted by Gasteiger charge is 2.38. The molecule has 0 aliphatic heterocycles. The number of halogens is 1. The molecule has 0 spiro atoms. The number of nitrogens with zero attached hydrogens (tertiary/aromatic N) is 2. The molecule has 20 heavy (non-hydrogen) atoms. The SMILES string of the molecule is CCOC1(c2nc(Cl)cc(C3CC3)n2)CCCCCC1. The number of hydrogen-bond acceptors (Lipinski definition) is 3. The molecule has 1 aromatic rings. The Morgan fingerprint density at radius 1 is 1.20 bits per heavy atom. The third kappa shape index (κ3) is 2.99. The zero-order valence-electron chi connectivity index (χ0n) is 12.2. The van der Waals surface area contributed by atoms with E-state index in [1.165, 1.54) is 38.5 Å². The Kier molecular flexibility index (Phi) is 4.27. The first-order valence-electron chi connectivity index (χ1n) is 7.92. The zero-order valence-corrected chi connectivity index (χ0v) is 13.0. The first-order valence-corrected chi connectivity index (χ1v) is 8.30. The molecule has 0 atom stereocenters. The predicted octanol–water partition coefficient (Wildman–Crippen LogP) is 4.59. The van der Waals surface area contributed by atoms with Gasteiger partial charge < -0.3 is 4.74 Å². The third-order valence-electron chi connectivity index (χ3n) is 4.45. The first kappa shape index (κ1) is 14.3. The van der Waals surface area contributed by atoms with E-state index in [0.717, 1.165) is 24.4 Å². The highest BCUT2D eigenvalue weighted by molar-refractivity contribution is 6.29. The van der Waals surface area contributed by atoms with Crippen molar-refractivity contribution in [3.8, 4) is 0 Å². The largest absolute Gasteiger partial charge is 0.367 e. The van der Waals surface area contributed by atoms with Gasteiger partial charge >= 0.3 is 0 Å². The maximum Gasteiger partial charge on any atom is 0.162 e. The summed E-state index contributed by atoms with van der Waals surface area (Å²) in [5.74, 6) is 1.43. The van der Waals surface area contributed by atoms with Crippen molar-refractivity contribution in [2.75, 3.05) is 6.61 Å². The molecule has 2 saturated carbocycles. The van der Waals surface area contributed by atoms with Gasteiger partial charge in [-0.25, -0.2) is 9.97 Å². The fourth-order valence-electron chi connectivity index (χ4n) is 3.24. The summed E-state index contributed by atoms with van der Waals surface area (Å²) in [5, 5.41) is 0.570. The second kappa shape index (κ2) is 5.98. The Morgan fingerprint density at radius 2 is 1.90 bits per heavy atom. The lowest BCUT2D eigenvalue weighted by atomic mass is 9.92. The van der Waals surface area contributed by atoms with Crippen LogP contribution in [0.2, 0.25) is 5.15 Å². The number of ether oxygens (including phenoxy) is 1. The van der Waals surface area contributed by atoms with Crippen LogP contribution < -0.4 is 0 Å². The van der Waals surface area contributed by atoms with E-state index in [2.05, 4.69) is 11.9 Å². The lowest BCUT2D eigenvalue weighted by Crippen LogP contribution is -2.32. The first-order chi connectivity index (χ1) is 9.73. The van der Waals surface area contributed by atoms with Gasteiger partial charge in [-0.15, -0.1) is 0 Å². The average molecular weight is 295 g/mol. The normalized spacial score (nSPS) is 22.5. The Balaban J connectivity index is 1.96. The number of rotatable bonds is 4. The molecule has 110 valence electrons. The molecule has 3 nitrogen and oxygen atoms in total. The molecule has 0 saturated heterocycles. The average Bonchev–Trinajstić information content (AvgIpc) is 3.26. The molecular weight excluding hydrogens is 272 g/mol. The highest BCUT2D eigenvalue weighted by atomic mass is 35.5. The molecule has 0 amide bonds. The smallest absolute Gasteiger partial charge is 0.162 e. The predicted molar refractivity (Wildman–Crippen MR) is 80.0 cm³/mol. The van der Waals surface area contributed by atoms with E-state index in [4.69, 9.17) is 21.3 Å². The van der Waals surface area contributed by atoms with Crippen LogP contribution in [0.3, 0.4) is 0 Å². The van der Waals surface area contributed by atoms with Crippen molar-refractivity contribution >= 4 is 11.6 Å². The van der Waals surface area contributed by atoms with E-state index >= 15 is 0 Å². The molecule has 3 rings (SSSR count). The van der Waals surface area contributed by atoms with E-state index in [1.807, 2.05) is 6.07 Å². The molecule has 2 fully saturated rings. The van der Waals surface area contributed by atoms with E-state index in [1.54, 1.807) is 0 Å². The van der Waals surface area contributed by atoms with Crippen LogP contribution in [0.4, 0.5) is 0 Å². The molecular formula is C16H23ClN2O. The van der Waals surface area contributed by atoms with Crippen molar-refractivity contribution in [3.63, 3.8) is 0 Å². The molecule has 0 bridgehead atoms. The molecule has 1 aromatic heterocycles. The van der Waals surface area contributed by atoms with Gasteiger partial charge in [0.25, 0.3) is 0 Å². The summed E-state index contributed by atoms with van der Waals surface area (Å²) in [5.41, 5.74) is 0.808. The van der Waals surface area contributed by atoms with Crippen LogP contribution in [0.15, 0.2) is 6.07 Å². The van der Waals surface area contributed by atoms with Gasteiger partial charge in [-0.2, -0.15) is 0 Å². The molecule has 0 unspecified atom stereocenters. The Labute approximate surface area is 126 Å². The molecule has 4 heteroatoms. The monoisotopic (exact) mass is 294 g/mol. The molecule has 2 aliphatic carbocycles. The van der Waals surface area contributed by atoms with E-state index in [0.29, 0.717) is 17.7 Å². The van der Waals surface area contributed by atoms with Crippen molar-refractivity contribution in [1.82, 2.24) is 9.97 Å². The lowest BCUT2D eigenvalue weighted by molar-refractivity contribution is -0.0625. The Bertz CT molecular complexity index is 466. The van der Waals surface area contributed by atoms with Crippen LogP contribution in [0, 0.1) is 0 Å². The van der Waals surface area contributed by atoms with Crippen molar-refractivity contribution in [1.29, 1.82) is 0 Å². The minimum Gasteiger partial charge on any atom is -0.367 e. The van der Waals surface area contributed by atoms with Gasteiger partial charge in [0.15, 0.2) is 5.82 Å². The van der Waals surface area contributed by atoms with E-state index in [9.17, 15) is 0 Å².